The second kappa shape index (κ2) is 7.91. The molecule has 1 amide bonds. The Morgan fingerprint density at radius 1 is 1.11 bits per heavy atom. The van der Waals surface area contributed by atoms with Crippen LogP contribution in [0.3, 0.4) is 0 Å². The van der Waals surface area contributed by atoms with Gasteiger partial charge in [-0.25, -0.2) is 0 Å². The number of amides is 1. The third-order valence-electron chi connectivity index (χ3n) is 3.06. The fourth-order valence-corrected chi connectivity index (χ4v) is 1.87. The summed E-state index contributed by atoms with van der Waals surface area (Å²) in [6, 6.07) is 10.7. The number of rotatable bonds is 7. The minimum Gasteiger partial charge on any atom is -0.354 e. The Hall–Kier alpha value is -1.31. The van der Waals surface area contributed by atoms with Crippen molar-refractivity contribution in [2.24, 2.45) is 5.92 Å². The molecule has 0 saturated carbocycles. The van der Waals surface area contributed by atoms with Crippen LogP contribution in [0.1, 0.15) is 45.6 Å². The van der Waals surface area contributed by atoms with Gasteiger partial charge in [-0.3, -0.25) is 4.79 Å². The molecule has 0 heterocycles. The maximum Gasteiger partial charge on any atom is 0.220 e. The lowest BCUT2D eigenvalue weighted by Crippen LogP contribution is -2.32. The zero-order valence-corrected chi connectivity index (χ0v) is 11.8. The number of aryl methyl sites for hydroxylation is 1. The molecule has 1 aromatic carbocycles. The maximum absolute atomic E-state index is 11.7. The molecule has 0 aromatic heterocycles. The maximum atomic E-state index is 11.7. The van der Waals surface area contributed by atoms with Crippen LogP contribution in [0.4, 0.5) is 0 Å². The third-order valence-corrected chi connectivity index (χ3v) is 3.06. The smallest absolute Gasteiger partial charge is 0.220 e. The van der Waals surface area contributed by atoms with Crippen molar-refractivity contribution in [3.63, 3.8) is 0 Å². The van der Waals surface area contributed by atoms with E-state index >= 15 is 0 Å². The topological polar surface area (TPSA) is 29.1 Å². The molecule has 100 valence electrons. The third kappa shape index (κ3) is 6.43. The predicted molar refractivity (Wildman–Crippen MR) is 76.4 cm³/mol. The molecule has 2 nitrogen and oxygen atoms in total. The summed E-state index contributed by atoms with van der Waals surface area (Å²) < 4.78 is 0. The number of carbonyl (C=O) groups excluding carboxylic acids is 1. The molecule has 0 bridgehead atoms. The van der Waals surface area contributed by atoms with Crippen molar-refractivity contribution in [2.45, 2.75) is 52.5 Å². The molecule has 2 heteroatoms. The van der Waals surface area contributed by atoms with Gasteiger partial charge >= 0.3 is 0 Å². The van der Waals surface area contributed by atoms with Crippen LogP contribution < -0.4 is 5.32 Å². The zero-order chi connectivity index (χ0) is 13.4. The summed E-state index contributed by atoms with van der Waals surface area (Å²) in [6.45, 7) is 6.37. The van der Waals surface area contributed by atoms with E-state index in [9.17, 15) is 4.79 Å². The summed E-state index contributed by atoms with van der Waals surface area (Å²) in [5, 5.41) is 3.07. The number of nitrogens with one attached hydrogen (secondary N) is 1. The molecule has 0 aliphatic carbocycles. The molecule has 0 aliphatic rings. The van der Waals surface area contributed by atoms with Gasteiger partial charge in [0.25, 0.3) is 0 Å². The Balaban J connectivity index is 2.21. The first-order valence-electron chi connectivity index (χ1n) is 6.91. The van der Waals surface area contributed by atoms with Crippen LogP contribution in [0, 0.1) is 5.92 Å². The Bertz CT molecular complexity index is 345. The van der Waals surface area contributed by atoms with E-state index in [0.29, 0.717) is 12.3 Å². The lowest BCUT2D eigenvalue weighted by Gasteiger charge is -2.14. The van der Waals surface area contributed by atoms with E-state index < -0.39 is 0 Å². The highest BCUT2D eigenvalue weighted by atomic mass is 16.1. The van der Waals surface area contributed by atoms with E-state index in [2.05, 4.69) is 50.4 Å². The Morgan fingerprint density at radius 2 is 1.78 bits per heavy atom. The first kappa shape index (κ1) is 14.7. The summed E-state index contributed by atoms with van der Waals surface area (Å²) in [7, 11) is 0. The molecule has 1 unspecified atom stereocenters. The standard InChI is InChI=1S/C16H25NO/c1-13(2)9-12-16(18)17-14(3)10-11-15-7-5-4-6-8-15/h4-8,13-14H,9-12H2,1-3H3,(H,17,18). The zero-order valence-electron chi connectivity index (χ0n) is 11.8. The van der Waals surface area contributed by atoms with Crippen LogP contribution in [-0.2, 0) is 11.2 Å². The second-order valence-electron chi connectivity index (χ2n) is 5.43. The van der Waals surface area contributed by atoms with Gasteiger partial charge in [0, 0.05) is 12.5 Å². The van der Waals surface area contributed by atoms with Crippen molar-refractivity contribution in [3.8, 4) is 0 Å². The number of benzene rings is 1. The SMILES string of the molecule is CC(C)CCC(=O)NC(C)CCc1ccccc1. The van der Waals surface area contributed by atoms with E-state index in [4.69, 9.17) is 0 Å². The summed E-state index contributed by atoms with van der Waals surface area (Å²) in [5.41, 5.74) is 1.33. The highest BCUT2D eigenvalue weighted by Crippen LogP contribution is 2.06. The molecule has 0 aliphatic heterocycles. The molecular formula is C16H25NO. The molecule has 18 heavy (non-hydrogen) atoms. The van der Waals surface area contributed by atoms with E-state index in [1.807, 2.05) is 6.07 Å². The van der Waals surface area contributed by atoms with E-state index in [-0.39, 0.29) is 11.9 Å². The van der Waals surface area contributed by atoms with Crippen LogP contribution in [0.25, 0.3) is 0 Å². The quantitative estimate of drug-likeness (QED) is 0.784. The Labute approximate surface area is 111 Å². The normalized spacial score (nSPS) is 12.4. The monoisotopic (exact) mass is 247 g/mol. The van der Waals surface area contributed by atoms with Gasteiger partial charge in [-0.2, -0.15) is 0 Å². The Kier molecular flexibility index (Phi) is 6.48. The Morgan fingerprint density at radius 3 is 2.39 bits per heavy atom. The summed E-state index contributed by atoms with van der Waals surface area (Å²) in [4.78, 5) is 11.7. The summed E-state index contributed by atoms with van der Waals surface area (Å²) in [6.07, 6.45) is 3.63. The fraction of sp³-hybridized carbons (Fsp3) is 0.562. The first-order valence-corrected chi connectivity index (χ1v) is 6.91. The van der Waals surface area contributed by atoms with Crippen LogP contribution in [0.15, 0.2) is 30.3 Å². The largest absolute Gasteiger partial charge is 0.354 e. The molecule has 0 radical (unpaired) electrons. The van der Waals surface area contributed by atoms with Crippen LogP contribution in [-0.4, -0.2) is 11.9 Å². The minimum absolute atomic E-state index is 0.185. The molecular weight excluding hydrogens is 222 g/mol. The number of carbonyl (C=O) groups is 1. The summed E-state index contributed by atoms with van der Waals surface area (Å²) in [5.74, 6) is 0.777. The first-order chi connectivity index (χ1) is 8.58. The van der Waals surface area contributed by atoms with Crippen molar-refractivity contribution in [1.82, 2.24) is 5.32 Å². The van der Waals surface area contributed by atoms with Gasteiger partial charge in [-0.15, -0.1) is 0 Å². The van der Waals surface area contributed by atoms with Gasteiger partial charge in [0.2, 0.25) is 5.91 Å². The lowest BCUT2D eigenvalue weighted by molar-refractivity contribution is -0.122. The average Bonchev–Trinajstić information content (AvgIpc) is 2.35. The molecule has 0 fully saturated rings. The fourth-order valence-electron chi connectivity index (χ4n) is 1.87. The van der Waals surface area contributed by atoms with Gasteiger partial charge in [-0.1, -0.05) is 44.2 Å². The van der Waals surface area contributed by atoms with Gasteiger partial charge in [0.1, 0.15) is 0 Å². The highest BCUT2D eigenvalue weighted by Gasteiger charge is 2.08. The number of hydrogen-bond donors (Lipinski definition) is 1. The van der Waals surface area contributed by atoms with E-state index in [1.54, 1.807) is 0 Å². The minimum atomic E-state index is 0.185. The van der Waals surface area contributed by atoms with Crippen molar-refractivity contribution in [2.75, 3.05) is 0 Å². The van der Waals surface area contributed by atoms with Gasteiger partial charge in [0.05, 0.1) is 0 Å². The lowest BCUT2D eigenvalue weighted by atomic mass is 10.1. The van der Waals surface area contributed by atoms with Crippen molar-refractivity contribution in [3.05, 3.63) is 35.9 Å². The van der Waals surface area contributed by atoms with E-state index in [1.165, 1.54) is 5.56 Å². The predicted octanol–water partition coefficient (Wildman–Crippen LogP) is 3.56. The summed E-state index contributed by atoms with van der Waals surface area (Å²) >= 11 is 0. The van der Waals surface area contributed by atoms with Crippen LogP contribution in [0.5, 0.6) is 0 Å². The van der Waals surface area contributed by atoms with Gasteiger partial charge in [-0.05, 0) is 37.7 Å². The number of hydrogen-bond acceptors (Lipinski definition) is 1. The van der Waals surface area contributed by atoms with Crippen molar-refractivity contribution >= 4 is 5.91 Å². The van der Waals surface area contributed by atoms with Crippen LogP contribution in [0.2, 0.25) is 0 Å². The van der Waals surface area contributed by atoms with Crippen LogP contribution >= 0.6 is 0 Å². The molecule has 0 saturated heterocycles. The van der Waals surface area contributed by atoms with Crippen molar-refractivity contribution in [1.29, 1.82) is 0 Å². The highest BCUT2D eigenvalue weighted by molar-refractivity contribution is 5.76. The molecule has 0 spiro atoms. The van der Waals surface area contributed by atoms with Crippen molar-refractivity contribution < 1.29 is 4.79 Å². The molecule has 1 N–H and O–H groups in total. The van der Waals surface area contributed by atoms with Gasteiger partial charge in [0.15, 0.2) is 0 Å². The molecule has 1 rings (SSSR count). The molecule has 1 aromatic rings. The second-order valence-corrected chi connectivity index (χ2v) is 5.43. The molecule has 1 atom stereocenters. The average molecular weight is 247 g/mol. The van der Waals surface area contributed by atoms with E-state index in [0.717, 1.165) is 19.3 Å². The van der Waals surface area contributed by atoms with Gasteiger partial charge < -0.3 is 5.32 Å².